The lowest BCUT2D eigenvalue weighted by Crippen LogP contribution is -2.22. The number of benzene rings is 1. The largest absolute Gasteiger partial charge is 0.511 e. The highest BCUT2D eigenvalue weighted by atomic mass is 35.5. The number of nitriles is 1. The van der Waals surface area contributed by atoms with Gasteiger partial charge in [-0.1, -0.05) is 56.6 Å². The van der Waals surface area contributed by atoms with E-state index < -0.39 is 12.4 Å². The fourth-order valence-corrected chi connectivity index (χ4v) is 3.39. The maximum absolute atomic E-state index is 12.0. The second kappa shape index (κ2) is 10.8. The second-order valence-electron chi connectivity index (χ2n) is 8.93. The molecule has 0 radical (unpaired) electrons. The minimum absolute atomic E-state index is 0.0330. The first-order chi connectivity index (χ1) is 15.4. The van der Waals surface area contributed by atoms with Crippen molar-refractivity contribution >= 4 is 29.1 Å². The van der Waals surface area contributed by atoms with Crippen LogP contribution in [0.3, 0.4) is 0 Å². The third kappa shape index (κ3) is 6.52. The van der Waals surface area contributed by atoms with Crippen LogP contribution >= 0.6 is 11.6 Å². The zero-order valence-electron chi connectivity index (χ0n) is 20.5. The summed E-state index contributed by atoms with van der Waals surface area (Å²) in [7, 11) is 0. The van der Waals surface area contributed by atoms with Gasteiger partial charge in [-0.05, 0) is 44.2 Å². The van der Waals surface area contributed by atoms with Crippen LogP contribution in [0.1, 0.15) is 71.0 Å². The Morgan fingerprint density at radius 1 is 1.15 bits per heavy atom. The standard InChI is InChI=1S/C25H32ClN3O4/c1-9-29-22(21(26)16(4)28-29)23(32-17(5)33-24(30)31-15(2)3)20(14-27)18-10-12-19(13-11-18)25(6,7)8/h10-13,15,17H,9H2,1-8H3/b23-20-. The molecule has 2 aromatic rings. The van der Waals surface area contributed by atoms with Gasteiger partial charge in [-0.15, -0.1) is 0 Å². The monoisotopic (exact) mass is 473 g/mol. The van der Waals surface area contributed by atoms with Gasteiger partial charge in [0.2, 0.25) is 6.29 Å². The first-order valence-electron chi connectivity index (χ1n) is 10.9. The Morgan fingerprint density at radius 2 is 1.76 bits per heavy atom. The number of hydrogen-bond acceptors (Lipinski definition) is 6. The van der Waals surface area contributed by atoms with Crippen molar-refractivity contribution in [3.63, 3.8) is 0 Å². The van der Waals surface area contributed by atoms with Crippen LogP contribution in [0, 0.1) is 18.3 Å². The van der Waals surface area contributed by atoms with E-state index in [2.05, 4.69) is 31.9 Å². The molecule has 33 heavy (non-hydrogen) atoms. The van der Waals surface area contributed by atoms with Gasteiger partial charge in [0.05, 0.1) is 16.8 Å². The predicted molar refractivity (Wildman–Crippen MR) is 128 cm³/mol. The van der Waals surface area contributed by atoms with E-state index in [0.29, 0.717) is 28.5 Å². The van der Waals surface area contributed by atoms with Crippen LogP contribution in [-0.2, 0) is 26.2 Å². The first kappa shape index (κ1) is 26.3. The Balaban J connectivity index is 2.61. The van der Waals surface area contributed by atoms with Crippen molar-refractivity contribution < 1.29 is 19.0 Å². The number of aryl methyl sites for hydroxylation is 2. The Morgan fingerprint density at radius 3 is 2.24 bits per heavy atom. The number of halogens is 1. The zero-order valence-corrected chi connectivity index (χ0v) is 21.3. The Labute approximate surface area is 200 Å². The topological polar surface area (TPSA) is 86.4 Å². The molecule has 7 nitrogen and oxygen atoms in total. The second-order valence-corrected chi connectivity index (χ2v) is 9.30. The maximum Gasteiger partial charge on any atom is 0.511 e. The van der Waals surface area contributed by atoms with Crippen LogP contribution in [0.25, 0.3) is 11.3 Å². The van der Waals surface area contributed by atoms with Crippen molar-refractivity contribution in [3.05, 3.63) is 51.8 Å². The molecule has 0 amide bonds. The Kier molecular flexibility index (Phi) is 8.57. The third-order valence-electron chi connectivity index (χ3n) is 4.83. The number of aromatic nitrogens is 2. The van der Waals surface area contributed by atoms with Crippen LogP contribution in [-0.4, -0.2) is 28.3 Å². The van der Waals surface area contributed by atoms with Gasteiger partial charge in [-0.2, -0.15) is 10.4 Å². The SMILES string of the molecule is CCn1nc(C)c(Cl)c1/C(OC(C)OC(=O)OC(C)C)=C(\C#N)c1ccc(C(C)(C)C)cc1. The Hall–Kier alpha value is -2.98. The number of carbonyl (C=O) groups excluding carboxylic acids is 1. The molecule has 1 heterocycles. The number of ether oxygens (including phenoxy) is 3. The fourth-order valence-electron chi connectivity index (χ4n) is 3.17. The van der Waals surface area contributed by atoms with Crippen LogP contribution in [0.2, 0.25) is 5.02 Å². The summed E-state index contributed by atoms with van der Waals surface area (Å²) in [5.74, 6) is 0.179. The van der Waals surface area contributed by atoms with Crippen LogP contribution in [0.15, 0.2) is 24.3 Å². The molecule has 0 bridgehead atoms. The summed E-state index contributed by atoms with van der Waals surface area (Å²) in [6, 6.07) is 9.94. The quantitative estimate of drug-likeness (QED) is 0.198. The average Bonchev–Trinajstić information content (AvgIpc) is 3.00. The zero-order chi connectivity index (χ0) is 24.9. The van der Waals surface area contributed by atoms with E-state index in [1.807, 2.05) is 31.2 Å². The fraction of sp³-hybridized carbons (Fsp3) is 0.480. The van der Waals surface area contributed by atoms with Crippen molar-refractivity contribution in [2.24, 2.45) is 0 Å². The lowest BCUT2D eigenvalue weighted by atomic mass is 9.86. The van der Waals surface area contributed by atoms with Crippen molar-refractivity contribution in [1.29, 1.82) is 5.26 Å². The average molecular weight is 474 g/mol. The molecular formula is C25H32ClN3O4. The minimum atomic E-state index is -1.04. The van der Waals surface area contributed by atoms with E-state index >= 15 is 0 Å². The molecule has 1 aromatic heterocycles. The molecule has 178 valence electrons. The van der Waals surface area contributed by atoms with Crippen LogP contribution in [0.5, 0.6) is 0 Å². The lowest BCUT2D eigenvalue weighted by Gasteiger charge is -2.21. The summed E-state index contributed by atoms with van der Waals surface area (Å²) in [4.78, 5) is 12.0. The number of hydrogen-bond donors (Lipinski definition) is 0. The number of carbonyl (C=O) groups is 1. The molecule has 0 N–H and O–H groups in total. The molecule has 0 aliphatic heterocycles. The highest BCUT2D eigenvalue weighted by Crippen LogP contribution is 2.35. The highest BCUT2D eigenvalue weighted by molar-refractivity contribution is 6.33. The van der Waals surface area contributed by atoms with Crippen molar-refractivity contribution in [3.8, 4) is 6.07 Å². The third-order valence-corrected chi connectivity index (χ3v) is 5.28. The molecule has 8 heteroatoms. The summed E-state index contributed by atoms with van der Waals surface area (Å²) in [6.07, 6.45) is -2.24. The lowest BCUT2D eigenvalue weighted by molar-refractivity contribution is -0.0735. The summed E-state index contributed by atoms with van der Waals surface area (Å²) in [5.41, 5.74) is 3.04. The van der Waals surface area contributed by atoms with E-state index in [0.717, 1.165) is 5.56 Å². The summed E-state index contributed by atoms with van der Waals surface area (Å²) < 4.78 is 17.9. The molecule has 1 atom stereocenters. The smallest absolute Gasteiger partial charge is 0.451 e. The van der Waals surface area contributed by atoms with E-state index in [1.165, 1.54) is 0 Å². The van der Waals surface area contributed by atoms with Gasteiger partial charge in [0.15, 0.2) is 5.76 Å². The normalized spacial score (nSPS) is 13.2. The summed E-state index contributed by atoms with van der Waals surface area (Å²) in [6.45, 7) is 15.5. The van der Waals surface area contributed by atoms with E-state index in [-0.39, 0.29) is 22.9 Å². The van der Waals surface area contributed by atoms with E-state index in [9.17, 15) is 10.1 Å². The predicted octanol–water partition coefficient (Wildman–Crippen LogP) is 6.48. The minimum Gasteiger partial charge on any atom is -0.451 e. The number of rotatable bonds is 7. The number of allylic oxidation sites excluding steroid dienone is 1. The van der Waals surface area contributed by atoms with Gasteiger partial charge in [0.1, 0.15) is 17.3 Å². The van der Waals surface area contributed by atoms with Gasteiger partial charge in [0, 0.05) is 13.5 Å². The van der Waals surface area contributed by atoms with E-state index in [4.69, 9.17) is 25.8 Å². The van der Waals surface area contributed by atoms with Gasteiger partial charge in [-0.25, -0.2) is 4.79 Å². The molecule has 1 aromatic carbocycles. The maximum atomic E-state index is 12.0. The number of nitrogens with zero attached hydrogens (tertiary/aromatic N) is 3. The molecular weight excluding hydrogens is 442 g/mol. The van der Waals surface area contributed by atoms with Gasteiger partial charge >= 0.3 is 6.16 Å². The van der Waals surface area contributed by atoms with Crippen molar-refractivity contribution in [1.82, 2.24) is 9.78 Å². The van der Waals surface area contributed by atoms with E-state index in [1.54, 1.807) is 32.4 Å². The summed E-state index contributed by atoms with van der Waals surface area (Å²) >= 11 is 6.58. The Bertz CT molecular complexity index is 1060. The molecule has 0 saturated heterocycles. The molecule has 0 spiro atoms. The van der Waals surface area contributed by atoms with Crippen molar-refractivity contribution in [2.75, 3.05) is 0 Å². The van der Waals surface area contributed by atoms with Gasteiger partial charge in [0.25, 0.3) is 0 Å². The van der Waals surface area contributed by atoms with Crippen molar-refractivity contribution in [2.45, 2.75) is 79.7 Å². The molecule has 0 saturated carbocycles. The molecule has 1 unspecified atom stereocenters. The van der Waals surface area contributed by atoms with Gasteiger partial charge < -0.3 is 14.2 Å². The van der Waals surface area contributed by atoms with Gasteiger partial charge in [-0.3, -0.25) is 4.68 Å². The molecule has 0 fully saturated rings. The highest BCUT2D eigenvalue weighted by Gasteiger charge is 2.26. The molecule has 0 aliphatic carbocycles. The molecule has 2 rings (SSSR count). The summed E-state index contributed by atoms with van der Waals surface area (Å²) in [5, 5.41) is 14.9. The molecule has 0 aliphatic rings. The van der Waals surface area contributed by atoms with Crippen LogP contribution in [0.4, 0.5) is 4.79 Å². The van der Waals surface area contributed by atoms with Crippen LogP contribution < -0.4 is 0 Å². The first-order valence-corrected chi connectivity index (χ1v) is 11.3.